The zero-order valence-electron chi connectivity index (χ0n) is 13.9. The van der Waals surface area contributed by atoms with E-state index in [9.17, 15) is 0 Å². The summed E-state index contributed by atoms with van der Waals surface area (Å²) in [7, 11) is 0. The number of rotatable bonds is 2. The van der Waals surface area contributed by atoms with Crippen LogP contribution in [0, 0.1) is 20.8 Å². The van der Waals surface area contributed by atoms with Crippen molar-refractivity contribution in [2.45, 2.75) is 41.2 Å². The van der Waals surface area contributed by atoms with Gasteiger partial charge in [-0.25, -0.2) is 9.67 Å². The van der Waals surface area contributed by atoms with Crippen LogP contribution in [-0.4, -0.2) is 29.9 Å². The van der Waals surface area contributed by atoms with E-state index in [1.54, 1.807) is 4.68 Å². The summed E-state index contributed by atoms with van der Waals surface area (Å²) in [4.78, 5) is 12.7. The Morgan fingerprint density at radius 1 is 1.13 bits per heavy atom. The van der Waals surface area contributed by atoms with Crippen molar-refractivity contribution in [2.24, 2.45) is 0 Å². The van der Waals surface area contributed by atoms with E-state index in [1.807, 2.05) is 20.0 Å². The minimum absolute atomic E-state index is 0.183. The zero-order chi connectivity index (χ0) is 17.1. The second-order valence-electron chi connectivity index (χ2n) is 4.93. The largest absolute Gasteiger partial charge is 0.368 e. The van der Waals surface area contributed by atoms with E-state index in [0.29, 0.717) is 22.3 Å². The molecule has 0 amide bonds. The van der Waals surface area contributed by atoms with E-state index >= 15 is 0 Å². The van der Waals surface area contributed by atoms with E-state index in [1.165, 1.54) is 11.1 Å². The molecule has 3 aromatic rings. The van der Waals surface area contributed by atoms with Crippen molar-refractivity contribution in [3.63, 3.8) is 0 Å². The van der Waals surface area contributed by atoms with Gasteiger partial charge in [0.25, 0.3) is 0 Å². The lowest BCUT2D eigenvalue weighted by atomic mass is 10.1. The molecule has 7 nitrogen and oxygen atoms in total. The quantitative estimate of drug-likeness (QED) is 0.689. The summed E-state index contributed by atoms with van der Waals surface area (Å²) in [6.07, 6.45) is 1.87. The van der Waals surface area contributed by atoms with Crippen molar-refractivity contribution in [1.82, 2.24) is 29.9 Å². The molecule has 0 aromatic carbocycles. The number of hydrogen-bond acceptors (Lipinski definition) is 6. The van der Waals surface area contributed by atoms with E-state index in [4.69, 9.17) is 5.73 Å². The second-order valence-corrected chi connectivity index (χ2v) is 5.68. The predicted molar refractivity (Wildman–Crippen MR) is 94.1 cm³/mol. The lowest BCUT2D eigenvalue weighted by Crippen LogP contribution is -2.08. The van der Waals surface area contributed by atoms with Crippen LogP contribution in [0.2, 0.25) is 0 Å². The highest BCUT2D eigenvalue weighted by Gasteiger charge is 2.14. The third-order valence-electron chi connectivity index (χ3n) is 3.64. The van der Waals surface area contributed by atoms with Crippen LogP contribution in [0.5, 0.6) is 0 Å². The van der Waals surface area contributed by atoms with Crippen LogP contribution in [0.1, 0.15) is 36.2 Å². The Morgan fingerprint density at radius 2 is 1.83 bits per heavy atom. The molecule has 122 valence electrons. The molecule has 2 N–H and O–H groups in total. The first-order valence-corrected chi connectivity index (χ1v) is 8.20. The Labute approximate surface area is 143 Å². The number of hydrogen-bond donors (Lipinski definition) is 1. The van der Waals surface area contributed by atoms with E-state index in [2.05, 4.69) is 62.0 Å². The van der Waals surface area contributed by atoms with Gasteiger partial charge in [-0.3, -0.25) is 4.98 Å². The number of halogens is 1. The number of aromatic nitrogens is 6. The van der Waals surface area contributed by atoms with Crippen molar-refractivity contribution in [3.05, 3.63) is 33.2 Å². The van der Waals surface area contributed by atoms with Crippen molar-refractivity contribution in [3.8, 4) is 0 Å². The van der Waals surface area contributed by atoms with Gasteiger partial charge in [0.15, 0.2) is 11.2 Å². The van der Waals surface area contributed by atoms with Crippen LogP contribution in [0.15, 0.2) is 10.8 Å². The molecule has 3 aromatic heterocycles. The number of nitrogens with zero attached hydrogens (tertiary/aromatic N) is 6. The maximum atomic E-state index is 5.68. The maximum Gasteiger partial charge on any atom is 0.223 e. The van der Waals surface area contributed by atoms with Crippen LogP contribution < -0.4 is 5.73 Å². The fraction of sp³-hybridized carbons (Fsp3) is 0.400. The highest BCUT2D eigenvalue weighted by Crippen LogP contribution is 2.21. The van der Waals surface area contributed by atoms with Gasteiger partial charge in [-0.2, -0.15) is 4.98 Å². The fourth-order valence-corrected chi connectivity index (χ4v) is 2.57. The van der Waals surface area contributed by atoms with Crippen molar-refractivity contribution in [1.29, 1.82) is 0 Å². The molecule has 0 fully saturated rings. The third-order valence-corrected chi connectivity index (χ3v) is 4.19. The first-order chi connectivity index (χ1) is 11.0. The molecule has 0 saturated carbocycles. The summed E-state index contributed by atoms with van der Waals surface area (Å²) in [5.41, 5.74) is 11.4. The molecule has 3 rings (SSSR count). The van der Waals surface area contributed by atoms with Crippen molar-refractivity contribution >= 4 is 33.0 Å². The fourth-order valence-electron chi connectivity index (χ4n) is 2.13. The van der Waals surface area contributed by atoms with Crippen molar-refractivity contribution in [2.75, 3.05) is 5.73 Å². The number of nitrogen functional groups attached to an aromatic ring is 1. The van der Waals surface area contributed by atoms with Gasteiger partial charge in [-0.05, 0) is 53.4 Å². The Kier molecular flexibility index (Phi) is 5.25. The van der Waals surface area contributed by atoms with Gasteiger partial charge in [0.05, 0.1) is 12.2 Å². The van der Waals surface area contributed by atoms with Gasteiger partial charge in [-0.15, -0.1) is 5.10 Å². The molecular weight excluding hydrogens is 358 g/mol. The zero-order valence-corrected chi connectivity index (χ0v) is 15.5. The van der Waals surface area contributed by atoms with E-state index in [0.717, 1.165) is 11.3 Å². The Bertz CT molecular complexity index is 841. The minimum atomic E-state index is 0.183. The minimum Gasteiger partial charge on any atom is -0.368 e. The molecule has 0 bridgehead atoms. The van der Waals surface area contributed by atoms with Crippen LogP contribution in [0.25, 0.3) is 11.2 Å². The molecule has 0 aliphatic rings. The van der Waals surface area contributed by atoms with Crippen LogP contribution >= 0.6 is 15.9 Å². The smallest absolute Gasteiger partial charge is 0.223 e. The first kappa shape index (κ1) is 17.3. The number of nitrogens with two attached hydrogens (primary N) is 1. The first-order valence-electron chi connectivity index (χ1n) is 7.41. The molecule has 0 radical (unpaired) electrons. The Morgan fingerprint density at radius 3 is 2.52 bits per heavy atom. The van der Waals surface area contributed by atoms with Gasteiger partial charge in [0.2, 0.25) is 5.95 Å². The van der Waals surface area contributed by atoms with Crippen LogP contribution in [-0.2, 0) is 6.54 Å². The predicted octanol–water partition coefficient (Wildman–Crippen LogP) is 2.96. The summed E-state index contributed by atoms with van der Waals surface area (Å²) in [6.45, 7) is 10.7. The lowest BCUT2D eigenvalue weighted by molar-refractivity contribution is 0.649. The molecule has 0 spiro atoms. The summed E-state index contributed by atoms with van der Waals surface area (Å²) in [6, 6.07) is 0. The Balaban J connectivity index is 0.000000924. The molecule has 8 heteroatoms. The number of aryl methyl sites for hydroxylation is 1. The average molecular weight is 378 g/mol. The second kappa shape index (κ2) is 6.99. The van der Waals surface area contributed by atoms with Crippen LogP contribution in [0.4, 0.5) is 5.95 Å². The monoisotopic (exact) mass is 377 g/mol. The van der Waals surface area contributed by atoms with Gasteiger partial charge < -0.3 is 5.73 Å². The maximum absolute atomic E-state index is 5.68. The summed E-state index contributed by atoms with van der Waals surface area (Å²) >= 11 is 3.32. The molecular formula is C15H20BrN7. The lowest BCUT2D eigenvalue weighted by Gasteiger charge is -2.10. The van der Waals surface area contributed by atoms with Gasteiger partial charge in [-0.1, -0.05) is 19.1 Å². The number of pyridine rings is 1. The normalized spacial score (nSPS) is 10.5. The summed E-state index contributed by atoms with van der Waals surface area (Å²) < 4.78 is 2.23. The molecule has 0 aliphatic heterocycles. The SMILES string of the molecule is CC.Cc1cnc(Cn2nnc3c(Br)nc(N)nc32)c(C)c1C. The summed E-state index contributed by atoms with van der Waals surface area (Å²) in [5, 5.41) is 8.21. The number of anilines is 1. The third kappa shape index (κ3) is 3.31. The van der Waals surface area contributed by atoms with Gasteiger partial charge in [0.1, 0.15) is 4.60 Å². The molecule has 0 saturated heterocycles. The highest BCUT2D eigenvalue weighted by molar-refractivity contribution is 9.10. The van der Waals surface area contributed by atoms with E-state index in [-0.39, 0.29) is 5.95 Å². The van der Waals surface area contributed by atoms with Crippen LogP contribution in [0.3, 0.4) is 0 Å². The standard InChI is InChI=1S/C13H14BrN7.C2H6/c1-6-4-16-9(8(3)7(6)2)5-21-12-10(19-20-21)11(14)17-13(15)18-12;1-2/h4H,5H2,1-3H3,(H2,15,17,18);1-2H3. The van der Waals surface area contributed by atoms with Crippen molar-refractivity contribution < 1.29 is 0 Å². The van der Waals surface area contributed by atoms with E-state index < -0.39 is 0 Å². The molecule has 23 heavy (non-hydrogen) atoms. The highest BCUT2D eigenvalue weighted by atomic mass is 79.9. The number of fused-ring (bicyclic) bond motifs is 1. The topological polar surface area (TPSA) is 95.4 Å². The average Bonchev–Trinajstić information content (AvgIpc) is 2.93. The van der Waals surface area contributed by atoms with Gasteiger partial charge in [0, 0.05) is 6.20 Å². The Hall–Kier alpha value is -2.09. The van der Waals surface area contributed by atoms with Gasteiger partial charge >= 0.3 is 0 Å². The molecule has 0 atom stereocenters. The molecule has 0 unspecified atom stereocenters. The summed E-state index contributed by atoms with van der Waals surface area (Å²) in [5.74, 6) is 0.183. The molecule has 0 aliphatic carbocycles. The molecule has 3 heterocycles.